The van der Waals surface area contributed by atoms with Crippen LogP contribution in [-0.2, 0) is 9.59 Å². The van der Waals surface area contributed by atoms with Gasteiger partial charge in [0.05, 0.1) is 5.41 Å². The highest BCUT2D eigenvalue weighted by atomic mass is 16.4. The number of carboxylic acids is 1. The number of hydrogen-bond acceptors (Lipinski definition) is 2. The summed E-state index contributed by atoms with van der Waals surface area (Å²) in [6.07, 6.45) is 5.83. The van der Waals surface area contributed by atoms with E-state index in [2.05, 4.69) is 0 Å². The van der Waals surface area contributed by atoms with Crippen LogP contribution in [-0.4, -0.2) is 35.0 Å². The molecule has 0 aromatic carbocycles. The molecule has 0 radical (unpaired) electrons. The number of amides is 1. The topological polar surface area (TPSA) is 57.6 Å². The van der Waals surface area contributed by atoms with E-state index in [1.54, 1.807) is 0 Å². The molecule has 0 aromatic heterocycles. The van der Waals surface area contributed by atoms with Crippen LogP contribution < -0.4 is 0 Å². The van der Waals surface area contributed by atoms with Crippen molar-refractivity contribution in [1.29, 1.82) is 0 Å². The van der Waals surface area contributed by atoms with Crippen LogP contribution in [0.25, 0.3) is 0 Å². The van der Waals surface area contributed by atoms with Crippen molar-refractivity contribution in [2.75, 3.05) is 13.1 Å². The average Bonchev–Trinajstić information content (AvgIpc) is 3.03. The Bertz CT molecular complexity index is 330. The van der Waals surface area contributed by atoms with Crippen molar-refractivity contribution in [3.05, 3.63) is 0 Å². The number of carbonyl (C=O) groups excluding carboxylic acids is 1. The number of hydrogen-bond donors (Lipinski definition) is 1. The van der Waals surface area contributed by atoms with Gasteiger partial charge in [0.25, 0.3) is 0 Å². The lowest BCUT2D eigenvalue weighted by molar-refractivity contribution is -0.153. The number of nitrogens with zero attached hydrogens (tertiary/aromatic N) is 1. The Kier molecular flexibility index (Phi) is 3.93. The summed E-state index contributed by atoms with van der Waals surface area (Å²) in [5.74, 6) is -0.0808. The Morgan fingerprint density at radius 2 is 1.89 bits per heavy atom. The molecule has 0 aliphatic heterocycles. The molecule has 4 nitrogen and oxygen atoms in total. The second kappa shape index (κ2) is 5.29. The van der Waals surface area contributed by atoms with Crippen LogP contribution in [0.15, 0.2) is 0 Å². The molecule has 0 saturated heterocycles. The van der Waals surface area contributed by atoms with Gasteiger partial charge in [-0.1, -0.05) is 12.8 Å². The van der Waals surface area contributed by atoms with E-state index in [0.29, 0.717) is 25.3 Å². The predicted molar refractivity (Wildman–Crippen MR) is 68.1 cm³/mol. The monoisotopic (exact) mass is 253 g/mol. The Hall–Kier alpha value is -1.06. The van der Waals surface area contributed by atoms with Gasteiger partial charge in [-0.15, -0.1) is 0 Å². The van der Waals surface area contributed by atoms with Crippen LogP contribution in [0.1, 0.15) is 51.9 Å². The van der Waals surface area contributed by atoms with Crippen LogP contribution in [0, 0.1) is 11.3 Å². The molecule has 2 aliphatic carbocycles. The molecule has 0 spiro atoms. The maximum atomic E-state index is 12.3. The van der Waals surface area contributed by atoms with Crippen molar-refractivity contribution in [3.8, 4) is 0 Å². The normalized spacial score (nSPS) is 21.8. The number of aliphatic carboxylic acids is 1. The molecule has 1 N–H and O–H groups in total. The SMILES string of the molecule is CCN(CC1CC1)C(=O)CC1(C(=O)O)CCCC1. The Balaban J connectivity index is 1.96. The van der Waals surface area contributed by atoms with E-state index >= 15 is 0 Å². The first-order valence-electron chi connectivity index (χ1n) is 7.08. The molecule has 2 aliphatic rings. The van der Waals surface area contributed by atoms with Gasteiger partial charge in [0.2, 0.25) is 5.91 Å². The highest BCUT2D eigenvalue weighted by Crippen LogP contribution is 2.42. The zero-order chi connectivity index (χ0) is 13.2. The second-order valence-corrected chi connectivity index (χ2v) is 5.85. The van der Waals surface area contributed by atoms with E-state index in [4.69, 9.17) is 0 Å². The van der Waals surface area contributed by atoms with Crippen LogP contribution in [0.3, 0.4) is 0 Å². The molecule has 0 unspecified atom stereocenters. The van der Waals surface area contributed by atoms with Crippen molar-refractivity contribution in [2.24, 2.45) is 11.3 Å². The summed E-state index contributed by atoms with van der Waals surface area (Å²) in [5.41, 5.74) is -0.770. The number of carboxylic acid groups (broad SMARTS) is 1. The van der Waals surface area contributed by atoms with Gasteiger partial charge in [-0.3, -0.25) is 9.59 Å². The minimum Gasteiger partial charge on any atom is -0.481 e. The van der Waals surface area contributed by atoms with Crippen LogP contribution in [0.4, 0.5) is 0 Å². The number of carbonyl (C=O) groups is 2. The highest BCUT2D eigenvalue weighted by Gasteiger charge is 2.44. The highest BCUT2D eigenvalue weighted by molar-refractivity contribution is 5.85. The molecular formula is C14H23NO3. The standard InChI is InChI=1S/C14H23NO3/c1-2-15(10-11-5-6-11)12(16)9-14(13(17)18)7-3-4-8-14/h11H,2-10H2,1H3,(H,17,18). The third-order valence-electron chi connectivity index (χ3n) is 4.41. The molecule has 0 aromatic rings. The van der Waals surface area contributed by atoms with E-state index < -0.39 is 11.4 Å². The van der Waals surface area contributed by atoms with Crippen LogP contribution in [0.5, 0.6) is 0 Å². The number of rotatable bonds is 6. The minimum atomic E-state index is -0.782. The lowest BCUT2D eigenvalue weighted by atomic mass is 9.82. The quantitative estimate of drug-likeness (QED) is 0.790. The predicted octanol–water partition coefficient (Wildman–Crippen LogP) is 2.28. The zero-order valence-corrected chi connectivity index (χ0v) is 11.2. The van der Waals surface area contributed by atoms with Gasteiger partial charge in [0, 0.05) is 19.5 Å². The van der Waals surface area contributed by atoms with Gasteiger partial charge in [-0.05, 0) is 38.5 Å². The third-order valence-corrected chi connectivity index (χ3v) is 4.41. The summed E-state index contributed by atoms with van der Waals surface area (Å²) in [7, 11) is 0. The summed E-state index contributed by atoms with van der Waals surface area (Å²) in [5, 5.41) is 9.39. The fraction of sp³-hybridized carbons (Fsp3) is 0.857. The van der Waals surface area contributed by atoms with Crippen LogP contribution >= 0.6 is 0 Å². The first-order chi connectivity index (χ1) is 8.57. The van der Waals surface area contributed by atoms with Crippen molar-refractivity contribution in [2.45, 2.75) is 51.9 Å². The molecule has 18 heavy (non-hydrogen) atoms. The molecular weight excluding hydrogens is 230 g/mol. The molecule has 1 amide bonds. The third kappa shape index (κ3) is 2.85. The maximum Gasteiger partial charge on any atom is 0.310 e. The molecule has 2 fully saturated rings. The van der Waals surface area contributed by atoms with Gasteiger partial charge in [0.15, 0.2) is 0 Å². The molecule has 0 heterocycles. The van der Waals surface area contributed by atoms with Gasteiger partial charge in [-0.2, -0.15) is 0 Å². The molecule has 0 bridgehead atoms. The maximum absolute atomic E-state index is 12.3. The Morgan fingerprint density at radius 3 is 2.33 bits per heavy atom. The molecule has 2 saturated carbocycles. The molecule has 102 valence electrons. The zero-order valence-electron chi connectivity index (χ0n) is 11.2. The second-order valence-electron chi connectivity index (χ2n) is 5.85. The van der Waals surface area contributed by atoms with E-state index in [1.807, 2.05) is 11.8 Å². The summed E-state index contributed by atoms with van der Waals surface area (Å²) in [6.45, 7) is 3.50. The van der Waals surface area contributed by atoms with Crippen molar-refractivity contribution < 1.29 is 14.7 Å². The lowest BCUT2D eigenvalue weighted by Crippen LogP contribution is -2.39. The van der Waals surface area contributed by atoms with Gasteiger partial charge >= 0.3 is 5.97 Å². The van der Waals surface area contributed by atoms with E-state index in [-0.39, 0.29) is 12.3 Å². The van der Waals surface area contributed by atoms with Crippen molar-refractivity contribution in [1.82, 2.24) is 4.90 Å². The Morgan fingerprint density at radius 1 is 1.28 bits per heavy atom. The summed E-state index contributed by atoms with van der Waals surface area (Å²) < 4.78 is 0. The molecule has 0 atom stereocenters. The van der Waals surface area contributed by atoms with Crippen molar-refractivity contribution in [3.63, 3.8) is 0 Å². The lowest BCUT2D eigenvalue weighted by Gasteiger charge is -2.28. The van der Waals surface area contributed by atoms with E-state index in [9.17, 15) is 14.7 Å². The van der Waals surface area contributed by atoms with Crippen molar-refractivity contribution >= 4 is 11.9 Å². The Labute approximate surface area is 108 Å². The average molecular weight is 253 g/mol. The fourth-order valence-electron chi connectivity index (χ4n) is 2.94. The largest absolute Gasteiger partial charge is 0.481 e. The first kappa shape index (κ1) is 13.4. The van der Waals surface area contributed by atoms with E-state index in [1.165, 1.54) is 12.8 Å². The van der Waals surface area contributed by atoms with Gasteiger partial charge < -0.3 is 10.0 Å². The van der Waals surface area contributed by atoms with Gasteiger partial charge in [0.1, 0.15) is 0 Å². The van der Waals surface area contributed by atoms with Crippen LogP contribution in [0.2, 0.25) is 0 Å². The molecule has 2 rings (SSSR count). The summed E-state index contributed by atoms with van der Waals surface area (Å²) >= 11 is 0. The summed E-state index contributed by atoms with van der Waals surface area (Å²) in [6, 6.07) is 0. The fourth-order valence-corrected chi connectivity index (χ4v) is 2.94. The van der Waals surface area contributed by atoms with Gasteiger partial charge in [-0.25, -0.2) is 0 Å². The smallest absolute Gasteiger partial charge is 0.310 e. The molecule has 4 heteroatoms. The first-order valence-corrected chi connectivity index (χ1v) is 7.08. The minimum absolute atomic E-state index is 0.0358. The van der Waals surface area contributed by atoms with E-state index in [0.717, 1.165) is 19.4 Å². The summed E-state index contributed by atoms with van der Waals surface area (Å²) in [4.78, 5) is 25.5.